The summed E-state index contributed by atoms with van der Waals surface area (Å²) in [4.78, 5) is 12.8. The SMILES string of the molecule is Cc1cc(C)c2c(CC(=O)Nc3ccc(S(=O)(=O)N4CCCCC4)cc3)coc2c1. The van der Waals surface area contributed by atoms with Gasteiger partial charge in [0, 0.05) is 29.7 Å². The number of hydrogen-bond donors (Lipinski definition) is 1. The van der Waals surface area contributed by atoms with Crippen LogP contribution in [-0.2, 0) is 21.2 Å². The van der Waals surface area contributed by atoms with Gasteiger partial charge in [0.25, 0.3) is 0 Å². The summed E-state index contributed by atoms with van der Waals surface area (Å²) in [6, 6.07) is 10.4. The first-order chi connectivity index (χ1) is 14.3. The highest BCUT2D eigenvalue weighted by Crippen LogP contribution is 2.27. The topological polar surface area (TPSA) is 79.6 Å². The highest BCUT2D eigenvalue weighted by Gasteiger charge is 2.25. The second-order valence-corrected chi connectivity index (χ2v) is 9.87. The summed E-state index contributed by atoms with van der Waals surface area (Å²) >= 11 is 0. The smallest absolute Gasteiger partial charge is 0.243 e. The predicted octanol–water partition coefficient (Wildman–Crippen LogP) is 4.41. The van der Waals surface area contributed by atoms with Crippen LogP contribution in [0.3, 0.4) is 0 Å². The van der Waals surface area contributed by atoms with Crippen LogP contribution in [0, 0.1) is 13.8 Å². The number of hydrogen-bond acceptors (Lipinski definition) is 4. The summed E-state index contributed by atoms with van der Waals surface area (Å²) in [7, 11) is -3.47. The number of benzene rings is 2. The molecule has 1 aromatic heterocycles. The Hall–Kier alpha value is -2.64. The predicted molar refractivity (Wildman–Crippen MR) is 117 cm³/mol. The van der Waals surface area contributed by atoms with E-state index < -0.39 is 10.0 Å². The van der Waals surface area contributed by atoms with Gasteiger partial charge in [-0.1, -0.05) is 12.5 Å². The molecule has 0 spiro atoms. The number of nitrogens with one attached hydrogen (secondary N) is 1. The minimum Gasteiger partial charge on any atom is -0.464 e. The number of rotatable bonds is 5. The summed E-state index contributed by atoms with van der Waals surface area (Å²) in [6.07, 6.45) is 4.68. The average Bonchev–Trinajstić information content (AvgIpc) is 3.11. The van der Waals surface area contributed by atoms with Crippen molar-refractivity contribution in [3.8, 4) is 0 Å². The van der Waals surface area contributed by atoms with Gasteiger partial charge in [-0.05, 0) is 68.1 Å². The summed E-state index contributed by atoms with van der Waals surface area (Å²) < 4.78 is 32.6. The zero-order valence-electron chi connectivity index (χ0n) is 17.3. The second-order valence-electron chi connectivity index (χ2n) is 7.93. The largest absolute Gasteiger partial charge is 0.464 e. The number of amides is 1. The Morgan fingerprint density at radius 3 is 2.47 bits per heavy atom. The average molecular weight is 427 g/mol. The maximum Gasteiger partial charge on any atom is 0.243 e. The first-order valence-electron chi connectivity index (χ1n) is 10.2. The van der Waals surface area contributed by atoms with E-state index in [1.807, 2.05) is 19.9 Å². The standard InChI is InChI=1S/C23H26N2O4S/c1-16-12-17(2)23-18(15-29-21(23)13-16)14-22(26)24-19-6-8-20(9-7-19)30(27,28)25-10-4-3-5-11-25/h6-9,12-13,15H,3-5,10-11,14H2,1-2H3,(H,24,26). The molecule has 1 fully saturated rings. The van der Waals surface area contributed by atoms with Crippen molar-refractivity contribution in [2.75, 3.05) is 18.4 Å². The van der Waals surface area contributed by atoms with E-state index in [1.165, 1.54) is 4.31 Å². The molecule has 1 aliphatic rings. The summed E-state index contributed by atoms with van der Waals surface area (Å²) in [5.74, 6) is -0.177. The molecule has 1 amide bonds. The first-order valence-corrected chi connectivity index (χ1v) is 11.7. The van der Waals surface area contributed by atoms with Crippen molar-refractivity contribution in [2.45, 2.75) is 44.4 Å². The first kappa shape index (κ1) is 20.6. The number of carbonyl (C=O) groups is 1. The van der Waals surface area contributed by atoms with Crippen molar-refractivity contribution in [1.29, 1.82) is 0 Å². The lowest BCUT2D eigenvalue weighted by Crippen LogP contribution is -2.35. The molecule has 2 heterocycles. The van der Waals surface area contributed by atoms with E-state index in [2.05, 4.69) is 11.4 Å². The summed E-state index contributed by atoms with van der Waals surface area (Å²) in [5.41, 5.74) is 4.38. The van der Waals surface area contributed by atoms with E-state index in [1.54, 1.807) is 30.5 Å². The Morgan fingerprint density at radius 1 is 1.07 bits per heavy atom. The number of sulfonamides is 1. The molecule has 0 aliphatic carbocycles. The lowest BCUT2D eigenvalue weighted by Gasteiger charge is -2.25. The Labute approximate surface area is 176 Å². The van der Waals surface area contributed by atoms with E-state index in [9.17, 15) is 13.2 Å². The Balaban J connectivity index is 1.45. The molecule has 1 aliphatic heterocycles. The number of nitrogens with zero attached hydrogens (tertiary/aromatic N) is 1. The normalized spacial score (nSPS) is 15.4. The van der Waals surface area contributed by atoms with Gasteiger partial charge in [0.2, 0.25) is 15.9 Å². The fraction of sp³-hybridized carbons (Fsp3) is 0.348. The highest BCUT2D eigenvalue weighted by atomic mass is 32.2. The van der Waals surface area contributed by atoms with Crippen molar-refractivity contribution < 1.29 is 17.6 Å². The molecular formula is C23H26N2O4S. The van der Waals surface area contributed by atoms with Gasteiger partial charge in [-0.15, -0.1) is 0 Å². The van der Waals surface area contributed by atoms with Crippen LogP contribution in [0.15, 0.2) is 52.0 Å². The molecule has 1 saturated heterocycles. The fourth-order valence-corrected chi connectivity index (χ4v) is 5.62. The molecule has 6 nitrogen and oxygen atoms in total. The van der Waals surface area contributed by atoms with E-state index in [0.29, 0.717) is 18.8 Å². The lowest BCUT2D eigenvalue weighted by atomic mass is 10.0. The van der Waals surface area contributed by atoms with Gasteiger partial charge >= 0.3 is 0 Å². The van der Waals surface area contributed by atoms with Crippen molar-refractivity contribution in [2.24, 2.45) is 0 Å². The monoisotopic (exact) mass is 426 g/mol. The van der Waals surface area contributed by atoms with Crippen molar-refractivity contribution in [3.63, 3.8) is 0 Å². The van der Waals surface area contributed by atoms with Crippen LogP contribution in [-0.4, -0.2) is 31.7 Å². The molecule has 7 heteroatoms. The molecule has 0 saturated carbocycles. The maximum atomic E-state index is 12.7. The Morgan fingerprint density at radius 2 is 1.77 bits per heavy atom. The van der Waals surface area contributed by atoms with Crippen LogP contribution in [0.2, 0.25) is 0 Å². The molecule has 2 aromatic carbocycles. The number of furan rings is 1. The third kappa shape index (κ3) is 4.13. The molecule has 0 unspecified atom stereocenters. The van der Waals surface area contributed by atoms with Crippen LogP contribution in [0.1, 0.15) is 36.0 Å². The van der Waals surface area contributed by atoms with Crippen LogP contribution >= 0.6 is 0 Å². The van der Waals surface area contributed by atoms with Gasteiger partial charge in [0.05, 0.1) is 17.6 Å². The number of piperidine rings is 1. The van der Waals surface area contributed by atoms with E-state index in [0.717, 1.165) is 46.9 Å². The molecule has 1 N–H and O–H groups in total. The van der Waals surface area contributed by atoms with Gasteiger partial charge in [0.1, 0.15) is 5.58 Å². The van der Waals surface area contributed by atoms with Crippen molar-refractivity contribution in [1.82, 2.24) is 4.31 Å². The Bertz CT molecular complexity index is 1170. The molecule has 3 aromatic rings. The van der Waals surface area contributed by atoms with Crippen LogP contribution in [0.5, 0.6) is 0 Å². The number of aryl methyl sites for hydroxylation is 2. The van der Waals surface area contributed by atoms with E-state index in [-0.39, 0.29) is 17.2 Å². The summed E-state index contributed by atoms with van der Waals surface area (Å²) in [5, 5.41) is 3.82. The van der Waals surface area contributed by atoms with E-state index in [4.69, 9.17) is 4.42 Å². The minimum atomic E-state index is -3.47. The maximum absolute atomic E-state index is 12.7. The molecule has 0 radical (unpaired) electrons. The highest BCUT2D eigenvalue weighted by molar-refractivity contribution is 7.89. The number of carbonyl (C=O) groups excluding carboxylic acids is 1. The quantitative estimate of drug-likeness (QED) is 0.656. The third-order valence-electron chi connectivity index (χ3n) is 5.53. The van der Waals surface area contributed by atoms with Gasteiger partial charge in [-0.2, -0.15) is 4.31 Å². The molecule has 0 bridgehead atoms. The zero-order chi connectivity index (χ0) is 21.3. The van der Waals surface area contributed by atoms with Gasteiger partial charge in [-0.3, -0.25) is 4.79 Å². The number of anilines is 1. The summed E-state index contributed by atoms with van der Waals surface area (Å²) in [6.45, 7) is 5.15. The number of fused-ring (bicyclic) bond motifs is 1. The molecular weight excluding hydrogens is 400 g/mol. The molecule has 30 heavy (non-hydrogen) atoms. The third-order valence-corrected chi connectivity index (χ3v) is 7.45. The Kier molecular flexibility index (Phi) is 5.66. The van der Waals surface area contributed by atoms with E-state index >= 15 is 0 Å². The second kappa shape index (κ2) is 8.24. The van der Waals surface area contributed by atoms with Crippen LogP contribution in [0.4, 0.5) is 5.69 Å². The van der Waals surface area contributed by atoms with Gasteiger partial charge < -0.3 is 9.73 Å². The molecule has 0 atom stereocenters. The lowest BCUT2D eigenvalue weighted by molar-refractivity contribution is -0.115. The minimum absolute atomic E-state index is 0.177. The fourth-order valence-electron chi connectivity index (χ4n) is 4.10. The molecule has 4 rings (SSSR count). The zero-order valence-corrected chi connectivity index (χ0v) is 18.1. The molecule has 158 valence electrons. The van der Waals surface area contributed by atoms with Crippen molar-refractivity contribution >= 4 is 32.6 Å². The van der Waals surface area contributed by atoms with Crippen molar-refractivity contribution in [3.05, 3.63) is 59.4 Å². The van der Waals surface area contributed by atoms with Gasteiger partial charge in [0.15, 0.2) is 0 Å². The van der Waals surface area contributed by atoms with Crippen LogP contribution in [0.25, 0.3) is 11.0 Å². The van der Waals surface area contributed by atoms with Crippen LogP contribution < -0.4 is 5.32 Å². The van der Waals surface area contributed by atoms with Gasteiger partial charge in [-0.25, -0.2) is 8.42 Å².